The highest BCUT2D eigenvalue weighted by molar-refractivity contribution is 6.07. The molecule has 0 saturated carbocycles. The zero-order chi connectivity index (χ0) is 22.0. The van der Waals surface area contributed by atoms with Gasteiger partial charge in [0.15, 0.2) is 5.65 Å². The summed E-state index contributed by atoms with van der Waals surface area (Å²) in [6.07, 6.45) is -3.34. The average molecular weight is 423 g/mol. The summed E-state index contributed by atoms with van der Waals surface area (Å²) in [5.74, 6) is -0.791. The lowest BCUT2D eigenvalue weighted by molar-refractivity contribution is -0.141. The normalized spacial score (nSPS) is 11.9. The number of para-hydroxylation sites is 1. The molecule has 0 spiro atoms. The van der Waals surface area contributed by atoms with Gasteiger partial charge in [0.25, 0.3) is 5.91 Å². The van der Waals surface area contributed by atoms with Crippen molar-refractivity contribution >= 4 is 23.2 Å². The Morgan fingerprint density at radius 3 is 2.35 bits per heavy atom. The molecular formula is C22H16F3N5O. The highest BCUT2D eigenvalue weighted by Crippen LogP contribution is 2.32. The molecule has 0 atom stereocenters. The zero-order valence-corrected chi connectivity index (χ0v) is 16.3. The minimum absolute atomic E-state index is 0.0595. The number of carbonyl (C=O) groups is 1. The van der Waals surface area contributed by atoms with E-state index in [-0.39, 0.29) is 16.6 Å². The van der Waals surface area contributed by atoms with E-state index in [0.29, 0.717) is 11.4 Å². The first-order chi connectivity index (χ1) is 14.8. The van der Waals surface area contributed by atoms with Gasteiger partial charge < -0.3 is 0 Å². The number of fused-ring (bicyclic) bond motifs is 1. The molecule has 4 aromatic rings. The lowest BCUT2D eigenvalue weighted by atomic mass is 10.1. The van der Waals surface area contributed by atoms with Crippen LogP contribution in [-0.4, -0.2) is 26.9 Å². The fourth-order valence-electron chi connectivity index (χ4n) is 3.13. The van der Waals surface area contributed by atoms with Gasteiger partial charge in [-0.1, -0.05) is 48.5 Å². The van der Waals surface area contributed by atoms with Crippen molar-refractivity contribution in [3.63, 3.8) is 0 Å². The van der Waals surface area contributed by atoms with E-state index in [9.17, 15) is 18.0 Å². The van der Waals surface area contributed by atoms with Crippen LogP contribution in [0.4, 0.5) is 13.2 Å². The number of aryl methyl sites for hydroxylation is 1. The number of nitrogens with one attached hydrogen (secondary N) is 1. The molecule has 1 amide bonds. The number of nitrogens with zero attached hydrogens (tertiary/aromatic N) is 4. The van der Waals surface area contributed by atoms with Crippen LogP contribution in [0.1, 0.15) is 27.3 Å². The number of aromatic nitrogens is 3. The monoisotopic (exact) mass is 423 g/mol. The maximum Gasteiger partial charge on any atom is 0.433 e. The molecule has 2 aromatic carbocycles. The van der Waals surface area contributed by atoms with E-state index < -0.39 is 17.8 Å². The third-order valence-electron chi connectivity index (χ3n) is 4.53. The van der Waals surface area contributed by atoms with Crippen molar-refractivity contribution in [2.75, 3.05) is 0 Å². The number of pyridine rings is 1. The molecule has 0 saturated heterocycles. The standard InChI is InChI=1S/C22H16F3N5O/c1-14-19-17(21(31)28-26-13-15-8-4-2-5-9-15)12-18(22(23,24)25)27-20(19)30(29-14)16-10-6-3-7-11-16/h2-13H,1H3,(H,28,31)/b26-13+. The Morgan fingerprint density at radius 2 is 1.71 bits per heavy atom. The van der Waals surface area contributed by atoms with Crippen LogP contribution >= 0.6 is 0 Å². The molecule has 0 aliphatic heterocycles. The second-order valence-corrected chi connectivity index (χ2v) is 6.69. The summed E-state index contributed by atoms with van der Waals surface area (Å²) in [6, 6.07) is 18.3. The van der Waals surface area contributed by atoms with Gasteiger partial charge in [-0.15, -0.1) is 0 Å². The van der Waals surface area contributed by atoms with Crippen molar-refractivity contribution in [2.45, 2.75) is 13.1 Å². The van der Waals surface area contributed by atoms with Crippen LogP contribution in [0.15, 0.2) is 71.8 Å². The Kier molecular flexibility index (Phi) is 5.24. The van der Waals surface area contributed by atoms with Crippen molar-refractivity contribution in [3.8, 4) is 5.69 Å². The second kappa shape index (κ2) is 8.02. The molecule has 31 heavy (non-hydrogen) atoms. The van der Waals surface area contributed by atoms with Gasteiger partial charge in [0.1, 0.15) is 5.69 Å². The predicted molar refractivity (Wildman–Crippen MR) is 110 cm³/mol. The molecule has 0 radical (unpaired) electrons. The Labute approximate surface area is 175 Å². The number of alkyl halides is 3. The van der Waals surface area contributed by atoms with E-state index in [1.165, 1.54) is 10.9 Å². The van der Waals surface area contributed by atoms with Gasteiger partial charge >= 0.3 is 6.18 Å². The highest BCUT2D eigenvalue weighted by atomic mass is 19.4. The summed E-state index contributed by atoms with van der Waals surface area (Å²) >= 11 is 0. The Bertz CT molecular complexity index is 1270. The second-order valence-electron chi connectivity index (χ2n) is 6.69. The lowest BCUT2D eigenvalue weighted by Crippen LogP contribution is -2.20. The molecule has 2 heterocycles. The minimum atomic E-state index is -4.74. The molecule has 0 aliphatic rings. The van der Waals surface area contributed by atoms with E-state index >= 15 is 0 Å². The Hall–Kier alpha value is -4.01. The van der Waals surface area contributed by atoms with Crippen LogP contribution in [0.2, 0.25) is 0 Å². The number of hydrazone groups is 1. The largest absolute Gasteiger partial charge is 0.433 e. The van der Waals surface area contributed by atoms with Crippen LogP contribution in [0.3, 0.4) is 0 Å². The molecule has 0 bridgehead atoms. The molecule has 1 N–H and O–H groups in total. The van der Waals surface area contributed by atoms with Gasteiger partial charge in [-0.25, -0.2) is 15.1 Å². The topological polar surface area (TPSA) is 72.2 Å². The number of hydrogen-bond donors (Lipinski definition) is 1. The maximum absolute atomic E-state index is 13.5. The molecular weight excluding hydrogens is 407 g/mol. The Balaban J connectivity index is 1.81. The van der Waals surface area contributed by atoms with Crippen molar-refractivity contribution in [1.29, 1.82) is 0 Å². The summed E-state index contributed by atoms with van der Waals surface area (Å²) in [7, 11) is 0. The Morgan fingerprint density at radius 1 is 1.06 bits per heavy atom. The van der Waals surface area contributed by atoms with E-state index in [1.54, 1.807) is 61.5 Å². The van der Waals surface area contributed by atoms with Gasteiger partial charge in [0, 0.05) is 0 Å². The predicted octanol–water partition coefficient (Wildman–Crippen LogP) is 4.51. The maximum atomic E-state index is 13.5. The summed E-state index contributed by atoms with van der Waals surface area (Å²) in [5, 5.41) is 8.41. The van der Waals surface area contributed by atoms with E-state index in [2.05, 4.69) is 20.6 Å². The fourth-order valence-corrected chi connectivity index (χ4v) is 3.13. The van der Waals surface area contributed by atoms with E-state index in [4.69, 9.17) is 0 Å². The molecule has 0 aliphatic carbocycles. The van der Waals surface area contributed by atoms with E-state index in [1.807, 2.05) is 6.07 Å². The SMILES string of the molecule is Cc1nn(-c2ccccc2)c2nc(C(F)(F)F)cc(C(=O)N/N=C/c3ccccc3)c12. The van der Waals surface area contributed by atoms with Gasteiger partial charge in [-0.2, -0.15) is 23.4 Å². The number of carbonyl (C=O) groups excluding carboxylic acids is 1. The van der Waals surface area contributed by atoms with Crippen LogP contribution in [0.5, 0.6) is 0 Å². The molecule has 4 rings (SSSR count). The number of benzene rings is 2. The summed E-state index contributed by atoms with van der Waals surface area (Å²) < 4.78 is 41.9. The van der Waals surface area contributed by atoms with Crippen LogP contribution in [0.25, 0.3) is 16.7 Å². The molecule has 156 valence electrons. The van der Waals surface area contributed by atoms with Crippen LogP contribution < -0.4 is 5.43 Å². The smallest absolute Gasteiger partial charge is 0.267 e. The third-order valence-corrected chi connectivity index (χ3v) is 4.53. The zero-order valence-electron chi connectivity index (χ0n) is 16.3. The van der Waals surface area contributed by atoms with Gasteiger partial charge in [-0.3, -0.25) is 4.79 Å². The number of halogens is 3. The summed E-state index contributed by atoms with van der Waals surface area (Å²) in [4.78, 5) is 16.5. The van der Waals surface area contributed by atoms with Crippen LogP contribution in [-0.2, 0) is 6.18 Å². The van der Waals surface area contributed by atoms with Crippen molar-refractivity contribution in [3.05, 3.63) is 89.2 Å². The lowest BCUT2D eigenvalue weighted by Gasteiger charge is -2.10. The first kappa shape index (κ1) is 20.3. The molecule has 0 unspecified atom stereocenters. The first-order valence-electron chi connectivity index (χ1n) is 9.26. The third kappa shape index (κ3) is 4.16. The summed E-state index contributed by atoms with van der Waals surface area (Å²) in [5.41, 5.74) is 2.47. The number of hydrogen-bond acceptors (Lipinski definition) is 4. The molecule has 0 fully saturated rings. The van der Waals surface area contributed by atoms with E-state index in [0.717, 1.165) is 11.6 Å². The van der Waals surface area contributed by atoms with Crippen molar-refractivity contribution in [2.24, 2.45) is 5.10 Å². The first-order valence-corrected chi connectivity index (χ1v) is 9.26. The highest BCUT2D eigenvalue weighted by Gasteiger charge is 2.35. The molecule has 6 nitrogen and oxygen atoms in total. The van der Waals surface area contributed by atoms with Crippen molar-refractivity contribution in [1.82, 2.24) is 20.2 Å². The minimum Gasteiger partial charge on any atom is -0.267 e. The number of amides is 1. The summed E-state index contributed by atoms with van der Waals surface area (Å²) in [6.45, 7) is 1.61. The van der Waals surface area contributed by atoms with Gasteiger partial charge in [0.05, 0.1) is 28.5 Å². The fraction of sp³-hybridized carbons (Fsp3) is 0.0909. The van der Waals surface area contributed by atoms with Crippen LogP contribution in [0, 0.1) is 6.92 Å². The average Bonchev–Trinajstić information content (AvgIpc) is 3.10. The molecule has 9 heteroatoms. The number of rotatable bonds is 4. The molecule has 2 aromatic heterocycles. The van der Waals surface area contributed by atoms with Gasteiger partial charge in [-0.05, 0) is 30.7 Å². The van der Waals surface area contributed by atoms with Gasteiger partial charge in [0.2, 0.25) is 0 Å². The van der Waals surface area contributed by atoms with Crippen molar-refractivity contribution < 1.29 is 18.0 Å². The quantitative estimate of drug-likeness (QED) is 0.388.